The van der Waals surface area contributed by atoms with Gasteiger partial charge in [0, 0.05) is 23.4 Å². The highest BCUT2D eigenvalue weighted by Crippen LogP contribution is 2.28. The first-order valence-electron chi connectivity index (χ1n) is 6.19. The number of hydrogen-bond acceptors (Lipinski definition) is 4. The van der Waals surface area contributed by atoms with Gasteiger partial charge in [0.25, 0.3) is 5.56 Å². The molecule has 0 saturated heterocycles. The minimum absolute atomic E-state index is 0.0744. The molecule has 0 fully saturated rings. The molecule has 0 saturated carbocycles. The van der Waals surface area contributed by atoms with Gasteiger partial charge < -0.3 is 20.9 Å². The molecule has 0 amide bonds. The van der Waals surface area contributed by atoms with E-state index in [4.69, 9.17) is 5.73 Å². The van der Waals surface area contributed by atoms with Gasteiger partial charge >= 0.3 is 0 Å². The number of H-pyrrole nitrogens is 1. The maximum absolute atomic E-state index is 11.3. The molecule has 2 rings (SSSR count). The van der Waals surface area contributed by atoms with E-state index in [-0.39, 0.29) is 23.3 Å². The van der Waals surface area contributed by atoms with Crippen molar-refractivity contribution in [3.05, 3.63) is 40.2 Å². The highest BCUT2D eigenvalue weighted by atomic mass is 16.3. The third-order valence-electron chi connectivity index (χ3n) is 3.32. The smallest absolute Gasteiger partial charge is 0.252 e. The second-order valence-electron chi connectivity index (χ2n) is 4.95. The summed E-state index contributed by atoms with van der Waals surface area (Å²) in [6.07, 6.45) is -0.595. The average Bonchev–Trinajstić information content (AvgIpc) is 2.28. The summed E-state index contributed by atoms with van der Waals surface area (Å²) in [5.74, 6) is -0.301. The minimum atomic E-state index is -0.595. The van der Waals surface area contributed by atoms with Crippen LogP contribution in [-0.2, 0) is 0 Å². The van der Waals surface area contributed by atoms with Crippen LogP contribution in [0.4, 0.5) is 0 Å². The van der Waals surface area contributed by atoms with E-state index >= 15 is 0 Å². The number of aliphatic hydroxyl groups is 1. The van der Waals surface area contributed by atoms with Crippen molar-refractivity contribution >= 4 is 10.9 Å². The fourth-order valence-electron chi connectivity index (χ4n) is 2.48. The van der Waals surface area contributed by atoms with Crippen LogP contribution in [0, 0.1) is 0 Å². The van der Waals surface area contributed by atoms with Crippen LogP contribution in [0.1, 0.15) is 25.3 Å². The van der Waals surface area contributed by atoms with Gasteiger partial charge in [-0.25, -0.2) is 0 Å². The first-order chi connectivity index (χ1) is 8.90. The summed E-state index contributed by atoms with van der Waals surface area (Å²) < 4.78 is 0. The summed E-state index contributed by atoms with van der Waals surface area (Å²) in [6, 6.07) is 6.18. The van der Waals surface area contributed by atoms with E-state index in [2.05, 4.69) is 4.98 Å². The number of fused-ring (bicyclic) bond motifs is 1. The molecule has 3 atom stereocenters. The van der Waals surface area contributed by atoms with Crippen LogP contribution >= 0.6 is 0 Å². The number of aromatic amines is 1. The molecule has 19 heavy (non-hydrogen) atoms. The van der Waals surface area contributed by atoms with Crippen LogP contribution in [0.15, 0.2) is 29.1 Å². The number of nitrogens with two attached hydrogens (primary N) is 1. The second kappa shape index (κ2) is 5.03. The maximum atomic E-state index is 11.3. The van der Waals surface area contributed by atoms with Crippen molar-refractivity contribution < 1.29 is 10.2 Å². The van der Waals surface area contributed by atoms with E-state index in [0.717, 1.165) is 11.6 Å². The van der Waals surface area contributed by atoms with E-state index in [0.29, 0.717) is 10.9 Å². The number of aromatic hydroxyl groups is 1. The van der Waals surface area contributed by atoms with E-state index in [1.807, 2.05) is 6.92 Å². The first-order valence-corrected chi connectivity index (χ1v) is 6.19. The van der Waals surface area contributed by atoms with Crippen LogP contribution in [-0.4, -0.2) is 27.3 Å². The fraction of sp³-hybridized carbons (Fsp3) is 0.357. The Labute approximate surface area is 110 Å². The average molecular weight is 262 g/mol. The van der Waals surface area contributed by atoms with Gasteiger partial charge in [-0.15, -0.1) is 0 Å². The molecule has 0 aliphatic carbocycles. The number of pyridine rings is 1. The maximum Gasteiger partial charge on any atom is 0.252 e. The number of aliphatic hydroxyl groups excluding tert-OH is 1. The Balaban J connectivity index is 2.61. The predicted molar refractivity (Wildman–Crippen MR) is 74.3 cm³/mol. The van der Waals surface area contributed by atoms with Gasteiger partial charge in [0.2, 0.25) is 0 Å². The highest BCUT2D eigenvalue weighted by Gasteiger charge is 2.22. The summed E-state index contributed by atoms with van der Waals surface area (Å²) >= 11 is 0. The Morgan fingerprint density at radius 3 is 2.53 bits per heavy atom. The Kier molecular flexibility index (Phi) is 3.59. The van der Waals surface area contributed by atoms with Crippen molar-refractivity contribution in [1.29, 1.82) is 0 Å². The first kappa shape index (κ1) is 13.6. The van der Waals surface area contributed by atoms with Gasteiger partial charge in [-0.3, -0.25) is 4.79 Å². The second-order valence-corrected chi connectivity index (χ2v) is 4.95. The SMILES string of the molecule is CC(N)C(c1ccc2[nH]c(=O)cc(O)c2c1)C(C)O. The largest absolute Gasteiger partial charge is 0.507 e. The summed E-state index contributed by atoms with van der Waals surface area (Å²) in [4.78, 5) is 13.9. The van der Waals surface area contributed by atoms with E-state index in [1.165, 1.54) is 0 Å². The van der Waals surface area contributed by atoms with Gasteiger partial charge in [0.1, 0.15) is 5.75 Å². The number of aromatic nitrogens is 1. The Hall–Kier alpha value is -1.85. The summed E-state index contributed by atoms with van der Waals surface area (Å²) in [5, 5.41) is 20.2. The molecule has 3 unspecified atom stereocenters. The molecule has 0 aliphatic rings. The Bertz CT molecular complexity index is 639. The highest BCUT2D eigenvalue weighted by molar-refractivity contribution is 5.85. The molecule has 0 radical (unpaired) electrons. The molecule has 1 heterocycles. The van der Waals surface area contributed by atoms with Crippen LogP contribution in [0.25, 0.3) is 10.9 Å². The lowest BCUT2D eigenvalue weighted by molar-refractivity contribution is 0.152. The molecule has 5 N–H and O–H groups in total. The van der Waals surface area contributed by atoms with Crippen LogP contribution < -0.4 is 11.3 Å². The topological polar surface area (TPSA) is 99.3 Å². The molecule has 1 aromatic heterocycles. The molecule has 1 aromatic carbocycles. The molecule has 0 aliphatic heterocycles. The van der Waals surface area contributed by atoms with Crippen molar-refractivity contribution in [2.24, 2.45) is 5.73 Å². The van der Waals surface area contributed by atoms with Gasteiger partial charge in [-0.2, -0.15) is 0 Å². The predicted octanol–water partition coefficient (Wildman–Crippen LogP) is 1.05. The molecular weight excluding hydrogens is 244 g/mol. The number of hydrogen-bond donors (Lipinski definition) is 4. The van der Waals surface area contributed by atoms with Crippen molar-refractivity contribution in [1.82, 2.24) is 4.98 Å². The molecule has 5 nitrogen and oxygen atoms in total. The third kappa shape index (κ3) is 2.62. The molecule has 2 aromatic rings. The molecule has 5 heteroatoms. The zero-order chi connectivity index (χ0) is 14.2. The molecule has 102 valence electrons. The van der Waals surface area contributed by atoms with Crippen molar-refractivity contribution in [3.8, 4) is 5.75 Å². The van der Waals surface area contributed by atoms with Crippen LogP contribution in [0.5, 0.6) is 5.75 Å². The number of nitrogens with one attached hydrogen (secondary N) is 1. The lowest BCUT2D eigenvalue weighted by Gasteiger charge is -2.24. The third-order valence-corrected chi connectivity index (χ3v) is 3.32. The van der Waals surface area contributed by atoms with E-state index in [1.54, 1.807) is 25.1 Å². The number of rotatable bonds is 3. The molecule has 0 bridgehead atoms. The zero-order valence-electron chi connectivity index (χ0n) is 10.9. The summed E-state index contributed by atoms with van der Waals surface area (Å²) in [7, 11) is 0. The van der Waals surface area contributed by atoms with Gasteiger partial charge in [-0.1, -0.05) is 6.07 Å². The Morgan fingerprint density at radius 2 is 1.95 bits per heavy atom. The summed E-state index contributed by atoms with van der Waals surface area (Å²) in [5.41, 5.74) is 6.94. The normalized spacial score (nSPS) is 16.2. The van der Waals surface area contributed by atoms with Gasteiger partial charge in [0.15, 0.2) is 0 Å². The fourth-order valence-corrected chi connectivity index (χ4v) is 2.48. The summed E-state index contributed by atoms with van der Waals surface area (Å²) in [6.45, 7) is 3.51. The van der Waals surface area contributed by atoms with Gasteiger partial charge in [-0.05, 0) is 31.5 Å². The lowest BCUT2D eigenvalue weighted by atomic mass is 9.88. The number of benzene rings is 1. The molecular formula is C14H18N2O3. The molecule has 0 spiro atoms. The Morgan fingerprint density at radius 1 is 1.26 bits per heavy atom. The van der Waals surface area contributed by atoms with Gasteiger partial charge in [0.05, 0.1) is 11.6 Å². The van der Waals surface area contributed by atoms with Crippen LogP contribution in [0.3, 0.4) is 0 Å². The van der Waals surface area contributed by atoms with E-state index < -0.39 is 6.10 Å². The van der Waals surface area contributed by atoms with Crippen molar-refractivity contribution in [2.45, 2.75) is 31.9 Å². The standard InChI is InChI=1S/C14H18N2O3/c1-7(15)14(8(2)17)9-3-4-11-10(5-9)12(18)6-13(19)16-11/h3-8,14,17H,15H2,1-2H3,(H2,16,18,19). The van der Waals surface area contributed by atoms with Crippen LogP contribution in [0.2, 0.25) is 0 Å². The quantitative estimate of drug-likeness (QED) is 0.664. The van der Waals surface area contributed by atoms with E-state index in [9.17, 15) is 15.0 Å². The lowest BCUT2D eigenvalue weighted by Crippen LogP contribution is -2.32. The zero-order valence-corrected chi connectivity index (χ0v) is 10.9. The monoisotopic (exact) mass is 262 g/mol. The van der Waals surface area contributed by atoms with Crippen molar-refractivity contribution in [3.63, 3.8) is 0 Å². The van der Waals surface area contributed by atoms with Crippen molar-refractivity contribution in [2.75, 3.05) is 0 Å². The minimum Gasteiger partial charge on any atom is -0.507 e.